The second-order valence-electron chi connectivity index (χ2n) is 7.96. The number of nitrogens with zero attached hydrogens (tertiary/aromatic N) is 1. The fraction of sp³-hybridized carbons (Fsp3) is 0.409. The van der Waals surface area contributed by atoms with Gasteiger partial charge >= 0.3 is 0 Å². The number of nitrogens with one attached hydrogen (secondary N) is 2. The number of fused-ring (bicyclic) bond motifs is 2. The normalized spacial score (nSPS) is 24.6. The Balaban J connectivity index is 0.00000160. The summed E-state index contributed by atoms with van der Waals surface area (Å²) < 4.78 is 0. The molecule has 4 N–H and O–H groups in total. The van der Waals surface area contributed by atoms with Crippen molar-refractivity contribution in [2.75, 3.05) is 10.6 Å². The van der Waals surface area contributed by atoms with Gasteiger partial charge in [0.1, 0.15) is 0 Å². The van der Waals surface area contributed by atoms with E-state index in [-0.39, 0.29) is 48.6 Å². The van der Waals surface area contributed by atoms with Gasteiger partial charge in [0.15, 0.2) is 0 Å². The molecule has 1 aromatic heterocycles. The zero-order chi connectivity index (χ0) is 19.5. The van der Waals surface area contributed by atoms with Gasteiger partial charge in [-0.1, -0.05) is 6.42 Å². The Kier molecular flexibility index (Phi) is 8.65. The molecule has 0 radical (unpaired) electrons. The van der Waals surface area contributed by atoms with E-state index < -0.39 is 0 Å². The Morgan fingerprint density at radius 2 is 1.60 bits per heavy atom. The Hall–Kier alpha value is -2.15. The summed E-state index contributed by atoms with van der Waals surface area (Å²) in [5.41, 5.74) is 8.21. The van der Waals surface area contributed by atoms with Gasteiger partial charge in [-0.2, -0.15) is 0 Å². The highest BCUT2D eigenvalue weighted by Gasteiger charge is 2.40. The van der Waals surface area contributed by atoms with Crippen LogP contribution in [0.4, 0.5) is 11.4 Å². The standard InChI is InChI=1S/C22H26N4O2.2ClH/c23-20-15-3-1-4-16(20)12-17(11-15)22(28)25-18-8-6-14(7-9-18)21(27)26-19-5-2-10-24-13-19;;/h2,5-10,13,15-17,20H,1,3-4,11-12,23H2,(H,25,28)(H,26,27);2*1H. The molecule has 1 aromatic carbocycles. The van der Waals surface area contributed by atoms with Gasteiger partial charge in [-0.25, -0.2) is 0 Å². The number of hydrogen-bond acceptors (Lipinski definition) is 4. The van der Waals surface area contributed by atoms with E-state index in [0.717, 1.165) is 25.7 Å². The van der Waals surface area contributed by atoms with Crippen molar-refractivity contribution >= 4 is 48.0 Å². The van der Waals surface area contributed by atoms with Crippen LogP contribution in [0.3, 0.4) is 0 Å². The number of pyridine rings is 1. The smallest absolute Gasteiger partial charge is 0.255 e. The average Bonchev–Trinajstić information content (AvgIpc) is 2.69. The van der Waals surface area contributed by atoms with E-state index in [1.54, 1.807) is 48.8 Å². The molecule has 0 aliphatic heterocycles. The van der Waals surface area contributed by atoms with E-state index >= 15 is 0 Å². The first kappa shape index (κ1) is 24.1. The lowest BCUT2D eigenvalue weighted by Crippen LogP contribution is -2.48. The number of amides is 2. The average molecular weight is 451 g/mol. The Morgan fingerprint density at radius 3 is 2.20 bits per heavy atom. The molecular formula is C22H28Cl2N4O2. The molecule has 1 heterocycles. The molecule has 2 amide bonds. The third kappa shape index (κ3) is 5.50. The van der Waals surface area contributed by atoms with Crippen molar-refractivity contribution in [2.24, 2.45) is 23.5 Å². The predicted octanol–water partition coefficient (Wildman–Crippen LogP) is 4.27. The van der Waals surface area contributed by atoms with Crippen molar-refractivity contribution in [3.05, 3.63) is 54.4 Å². The monoisotopic (exact) mass is 450 g/mol. The van der Waals surface area contributed by atoms with Crippen LogP contribution in [0, 0.1) is 17.8 Å². The van der Waals surface area contributed by atoms with Crippen LogP contribution in [0.15, 0.2) is 48.8 Å². The molecule has 6 nitrogen and oxygen atoms in total. The highest BCUT2D eigenvalue weighted by molar-refractivity contribution is 6.04. The minimum atomic E-state index is -0.208. The van der Waals surface area contributed by atoms with Crippen LogP contribution in [-0.4, -0.2) is 22.8 Å². The summed E-state index contributed by atoms with van der Waals surface area (Å²) in [6.07, 6.45) is 8.53. The largest absolute Gasteiger partial charge is 0.327 e. The number of carbonyl (C=O) groups excluding carboxylic acids is 2. The first-order valence-electron chi connectivity index (χ1n) is 9.98. The van der Waals surface area contributed by atoms with Crippen molar-refractivity contribution < 1.29 is 9.59 Å². The molecule has 2 bridgehead atoms. The van der Waals surface area contributed by atoms with E-state index in [2.05, 4.69) is 15.6 Å². The topological polar surface area (TPSA) is 97.1 Å². The van der Waals surface area contributed by atoms with Gasteiger partial charge < -0.3 is 16.4 Å². The lowest BCUT2D eigenvalue weighted by molar-refractivity contribution is -0.122. The van der Waals surface area contributed by atoms with Crippen molar-refractivity contribution in [3.8, 4) is 0 Å². The number of aromatic nitrogens is 1. The first-order valence-corrected chi connectivity index (χ1v) is 9.98. The Labute approximate surface area is 189 Å². The van der Waals surface area contributed by atoms with Gasteiger partial charge in [-0.05, 0) is 73.9 Å². The molecule has 0 spiro atoms. The zero-order valence-electron chi connectivity index (χ0n) is 16.6. The fourth-order valence-corrected chi connectivity index (χ4v) is 4.59. The SMILES string of the molecule is Cl.Cl.NC1C2CCCC1CC(C(=O)Nc1ccc(C(=O)Nc3cccnc3)cc1)C2. The fourth-order valence-electron chi connectivity index (χ4n) is 4.59. The van der Waals surface area contributed by atoms with Crippen molar-refractivity contribution in [1.29, 1.82) is 0 Å². The molecule has 30 heavy (non-hydrogen) atoms. The molecule has 2 saturated carbocycles. The number of benzene rings is 1. The third-order valence-corrected chi connectivity index (χ3v) is 6.12. The van der Waals surface area contributed by atoms with E-state index in [4.69, 9.17) is 5.73 Å². The van der Waals surface area contributed by atoms with E-state index in [9.17, 15) is 9.59 Å². The third-order valence-electron chi connectivity index (χ3n) is 6.12. The molecule has 162 valence electrons. The molecule has 0 saturated heterocycles. The molecule has 2 fully saturated rings. The van der Waals surface area contributed by atoms with Gasteiger partial charge in [0.2, 0.25) is 5.91 Å². The number of nitrogens with two attached hydrogens (primary N) is 1. The summed E-state index contributed by atoms with van der Waals surface area (Å²) in [6.45, 7) is 0. The minimum Gasteiger partial charge on any atom is -0.327 e. The summed E-state index contributed by atoms with van der Waals surface area (Å²) in [7, 11) is 0. The number of carbonyl (C=O) groups is 2. The van der Waals surface area contributed by atoms with Crippen LogP contribution in [0.5, 0.6) is 0 Å². The maximum absolute atomic E-state index is 12.7. The molecule has 2 aliphatic carbocycles. The predicted molar refractivity (Wildman–Crippen MR) is 123 cm³/mol. The van der Waals surface area contributed by atoms with Crippen LogP contribution in [0.2, 0.25) is 0 Å². The van der Waals surface area contributed by atoms with Crippen LogP contribution in [0.25, 0.3) is 0 Å². The van der Waals surface area contributed by atoms with E-state index in [0.29, 0.717) is 28.8 Å². The van der Waals surface area contributed by atoms with Gasteiger partial charge in [0, 0.05) is 29.4 Å². The summed E-state index contributed by atoms with van der Waals surface area (Å²) >= 11 is 0. The van der Waals surface area contributed by atoms with E-state index in [1.807, 2.05) is 0 Å². The first-order chi connectivity index (χ1) is 13.6. The second kappa shape index (κ2) is 10.8. The Bertz CT molecular complexity index is 834. The van der Waals surface area contributed by atoms with Crippen LogP contribution >= 0.6 is 24.8 Å². The summed E-state index contributed by atoms with van der Waals surface area (Å²) in [4.78, 5) is 29.0. The quantitative estimate of drug-likeness (QED) is 0.647. The van der Waals surface area contributed by atoms with Crippen LogP contribution < -0.4 is 16.4 Å². The summed E-state index contributed by atoms with van der Waals surface area (Å²) in [6, 6.07) is 10.8. The van der Waals surface area contributed by atoms with Crippen molar-refractivity contribution in [2.45, 2.75) is 38.1 Å². The number of halogens is 2. The maximum atomic E-state index is 12.7. The number of hydrogen-bond donors (Lipinski definition) is 3. The maximum Gasteiger partial charge on any atom is 0.255 e. The lowest BCUT2D eigenvalue weighted by atomic mass is 9.65. The molecule has 2 aromatic rings. The van der Waals surface area contributed by atoms with Gasteiger partial charge in [0.25, 0.3) is 5.91 Å². The zero-order valence-corrected chi connectivity index (χ0v) is 18.3. The number of anilines is 2. The highest BCUT2D eigenvalue weighted by Crippen LogP contribution is 2.42. The minimum absolute atomic E-state index is 0. The summed E-state index contributed by atoms with van der Waals surface area (Å²) in [5, 5.41) is 5.81. The molecule has 4 rings (SSSR count). The van der Waals surface area contributed by atoms with Gasteiger partial charge in [-0.3, -0.25) is 14.6 Å². The number of rotatable bonds is 4. The van der Waals surface area contributed by atoms with Gasteiger partial charge in [0.05, 0.1) is 11.9 Å². The van der Waals surface area contributed by atoms with E-state index in [1.165, 1.54) is 6.42 Å². The van der Waals surface area contributed by atoms with Crippen molar-refractivity contribution in [3.63, 3.8) is 0 Å². The van der Waals surface area contributed by atoms with Crippen LogP contribution in [-0.2, 0) is 4.79 Å². The molecule has 8 heteroatoms. The molecule has 2 atom stereocenters. The van der Waals surface area contributed by atoms with Gasteiger partial charge in [-0.15, -0.1) is 24.8 Å². The lowest BCUT2D eigenvalue weighted by Gasteiger charge is -2.43. The Morgan fingerprint density at radius 1 is 0.933 bits per heavy atom. The second-order valence-corrected chi connectivity index (χ2v) is 7.96. The molecular weight excluding hydrogens is 423 g/mol. The molecule has 2 aliphatic rings. The highest BCUT2D eigenvalue weighted by atomic mass is 35.5. The summed E-state index contributed by atoms with van der Waals surface area (Å²) in [5.74, 6) is 0.837. The van der Waals surface area contributed by atoms with Crippen molar-refractivity contribution in [1.82, 2.24) is 4.98 Å². The molecule has 2 unspecified atom stereocenters. The van der Waals surface area contributed by atoms with Crippen LogP contribution in [0.1, 0.15) is 42.5 Å².